The Bertz CT molecular complexity index is 445. The van der Waals surface area contributed by atoms with Crippen LogP contribution in [0.15, 0.2) is 18.2 Å². The van der Waals surface area contributed by atoms with E-state index in [0.717, 1.165) is 24.3 Å². The van der Waals surface area contributed by atoms with Gasteiger partial charge in [0.15, 0.2) is 0 Å². The van der Waals surface area contributed by atoms with Gasteiger partial charge in [-0.15, -0.1) is 0 Å². The molecule has 2 unspecified atom stereocenters. The molecule has 4 heteroatoms. The van der Waals surface area contributed by atoms with Crippen molar-refractivity contribution in [3.8, 4) is 0 Å². The lowest BCUT2D eigenvalue weighted by Gasteiger charge is -2.19. The van der Waals surface area contributed by atoms with Crippen LogP contribution in [-0.4, -0.2) is 31.7 Å². The number of benzene rings is 1. The van der Waals surface area contributed by atoms with Crippen molar-refractivity contribution in [2.45, 2.75) is 32.4 Å². The van der Waals surface area contributed by atoms with Gasteiger partial charge < -0.3 is 15.4 Å². The number of anilines is 1. The van der Waals surface area contributed by atoms with E-state index >= 15 is 0 Å². The summed E-state index contributed by atoms with van der Waals surface area (Å²) < 4.78 is 5.53. The molecule has 1 heterocycles. The number of hydrogen-bond acceptors (Lipinski definition) is 3. The molecule has 2 atom stereocenters. The quantitative estimate of drug-likeness (QED) is 0.859. The first-order valence-electron chi connectivity index (χ1n) is 6.32. The lowest BCUT2D eigenvalue weighted by atomic mass is 10.1. The van der Waals surface area contributed by atoms with E-state index in [1.54, 1.807) is 7.05 Å². The summed E-state index contributed by atoms with van der Waals surface area (Å²) in [6.07, 6.45) is 1.26. The fourth-order valence-corrected chi connectivity index (χ4v) is 2.23. The van der Waals surface area contributed by atoms with Gasteiger partial charge in [0.2, 0.25) is 0 Å². The van der Waals surface area contributed by atoms with Crippen LogP contribution < -0.4 is 10.6 Å². The first kappa shape index (κ1) is 12.9. The summed E-state index contributed by atoms with van der Waals surface area (Å²) in [5, 5.41) is 6.12. The highest BCUT2D eigenvalue weighted by Crippen LogP contribution is 2.22. The van der Waals surface area contributed by atoms with Crippen LogP contribution in [0.4, 0.5) is 5.69 Å². The zero-order chi connectivity index (χ0) is 13.1. The summed E-state index contributed by atoms with van der Waals surface area (Å²) in [5.74, 6) is -0.0535. The van der Waals surface area contributed by atoms with Gasteiger partial charge in [0.25, 0.3) is 5.91 Å². The Kier molecular flexibility index (Phi) is 3.87. The molecule has 0 bridgehead atoms. The molecular weight excluding hydrogens is 228 g/mol. The van der Waals surface area contributed by atoms with Gasteiger partial charge in [-0.05, 0) is 44.0 Å². The van der Waals surface area contributed by atoms with Crippen molar-refractivity contribution in [1.82, 2.24) is 5.32 Å². The van der Waals surface area contributed by atoms with Gasteiger partial charge >= 0.3 is 0 Å². The van der Waals surface area contributed by atoms with Crippen LogP contribution in [0, 0.1) is 6.92 Å². The number of carbonyl (C=O) groups is 1. The normalized spacial score (nSPS) is 22.8. The van der Waals surface area contributed by atoms with E-state index in [-0.39, 0.29) is 12.0 Å². The summed E-state index contributed by atoms with van der Waals surface area (Å²) in [7, 11) is 1.64. The molecule has 0 spiro atoms. The first-order chi connectivity index (χ1) is 8.61. The van der Waals surface area contributed by atoms with E-state index in [2.05, 4.69) is 17.6 Å². The lowest BCUT2D eigenvalue weighted by molar-refractivity contribution is 0.0963. The standard InChI is InChI=1S/C14H20N2O2/c1-9-8-11(14(17)15-3)4-5-12(9)16-13-6-7-18-10(13)2/h4-5,8,10,13,16H,6-7H2,1-3H3,(H,15,17). The zero-order valence-electron chi connectivity index (χ0n) is 11.1. The van der Waals surface area contributed by atoms with Gasteiger partial charge in [-0.3, -0.25) is 4.79 Å². The van der Waals surface area contributed by atoms with Crippen molar-refractivity contribution in [1.29, 1.82) is 0 Å². The van der Waals surface area contributed by atoms with Crippen molar-refractivity contribution in [2.24, 2.45) is 0 Å². The fraction of sp³-hybridized carbons (Fsp3) is 0.500. The number of rotatable bonds is 3. The largest absolute Gasteiger partial charge is 0.379 e. The molecule has 1 amide bonds. The van der Waals surface area contributed by atoms with Crippen LogP contribution in [0.3, 0.4) is 0 Å². The van der Waals surface area contributed by atoms with E-state index < -0.39 is 0 Å². The van der Waals surface area contributed by atoms with Gasteiger partial charge in [-0.25, -0.2) is 0 Å². The summed E-state index contributed by atoms with van der Waals surface area (Å²) in [6.45, 7) is 4.91. The summed E-state index contributed by atoms with van der Waals surface area (Å²) in [6, 6.07) is 6.07. The Morgan fingerprint density at radius 3 is 2.78 bits per heavy atom. The second kappa shape index (κ2) is 5.40. The number of nitrogens with one attached hydrogen (secondary N) is 2. The molecule has 2 rings (SSSR count). The highest BCUT2D eigenvalue weighted by atomic mass is 16.5. The molecule has 0 radical (unpaired) electrons. The first-order valence-corrected chi connectivity index (χ1v) is 6.32. The molecule has 4 nitrogen and oxygen atoms in total. The highest BCUT2D eigenvalue weighted by Gasteiger charge is 2.24. The van der Waals surface area contributed by atoms with Crippen LogP contribution in [-0.2, 0) is 4.74 Å². The minimum absolute atomic E-state index is 0.0535. The van der Waals surface area contributed by atoms with Crippen LogP contribution in [0.1, 0.15) is 29.3 Å². The highest BCUT2D eigenvalue weighted by molar-refractivity contribution is 5.94. The Morgan fingerprint density at radius 1 is 1.44 bits per heavy atom. The molecule has 1 saturated heterocycles. The van der Waals surface area contributed by atoms with E-state index in [4.69, 9.17) is 4.74 Å². The van der Waals surface area contributed by atoms with Crippen LogP contribution in [0.5, 0.6) is 0 Å². The van der Waals surface area contributed by atoms with Gasteiger partial charge in [-0.2, -0.15) is 0 Å². The van der Waals surface area contributed by atoms with Crippen molar-refractivity contribution >= 4 is 11.6 Å². The van der Waals surface area contributed by atoms with Crippen molar-refractivity contribution in [2.75, 3.05) is 19.0 Å². The number of hydrogen-bond donors (Lipinski definition) is 2. The average Bonchev–Trinajstić information content (AvgIpc) is 2.76. The maximum absolute atomic E-state index is 11.5. The fourth-order valence-electron chi connectivity index (χ4n) is 2.23. The minimum atomic E-state index is -0.0535. The smallest absolute Gasteiger partial charge is 0.251 e. The molecule has 1 fully saturated rings. The number of amides is 1. The van der Waals surface area contributed by atoms with Gasteiger partial charge in [0.05, 0.1) is 12.1 Å². The zero-order valence-corrected chi connectivity index (χ0v) is 11.1. The molecule has 1 aliphatic heterocycles. The lowest BCUT2D eigenvalue weighted by Crippen LogP contribution is -2.27. The molecule has 0 saturated carbocycles. The van der Waals surface area contributed by atoms with Crippen LogP contribution >= 0.6 is 0 Å². The Labute approximate surface area is 108 Å². The van der Waals surface area contributed by atoms with Crippen molar-refractivity contribution in [3.05, 3.63) is 29.3 Å². The topological polar surface area (TPSA) is 50.4 Å². The van der Waals surface area contributed by atoms with Crippen molar-refractivity contribution in [3.63, 3.8) is 0 Å². The van der Waals surface area contributed by atoms with Gasteiger partial charge in [-0.1, -0.05) is 0 Å². The van der Waals surface area contributed by atoms with Gasteiger partial charge in [0.1, 0.15) is 0 Å². The molecule has 1 aliphatic rings. The second-order valence-corrected chi connectivity index (χ2v) is 4.72. The average molecular weight is 248 g/mol. The van der Waals surface area contributed by atoms with Crippen LogP contribution in [0.2, 0.25) is 0 Å². The Hall–Kier alpha value is -1.55. The second-order valence-electron chi connectivity index (χ2n) is 4.72. The Balaban J connectivity index is 2.12. The third-order valence-corrected chi connectivity index (χ3v) is 3.43. The molecule has 2 N–H and O–H groups in total. The van der Waals surface area contributed by atoms with E-state index in [0.29, 0.717) is 11.6 Å². The molecule has 1 aromatic rings. The van der Waals surface area contributed by atoms with Crippen molar-refractivity contribution < 1.29 is 9.53 Å². The third-order valence-electron chi connectivity index (χ3n) is 3.43. The summed E-state index contributed by atoms with van der Waals surface area (Å²) in [5.41, 5.74) is 2.84. The summed E-state index contributed by atoms with van der Waals surface area (Å²) >= 11 is 0. The SMILES string of the molecule is CNC(=O)c1ccc(NC2CCOC2C)c(C)c1. The molecule has 18 heavy (non-hydrogen) atoms. The number of aryl methyl sites for hydroxylation is 1. The third kappa shape index (κ3) is 2.64. The summed E-state index contributed by atoms with van der Waals surface area (Å²) in [4.78, 5) is 11.5. The van der Waals surface area contributed by atoms with E-state index in [1.807, 2.05) is 25.1 Å². The number of carbonyl (C=O) groups excluding carboxylic acids is 1. The maximum Gasteiger partial charge on any atom is 0.251 e. The monoisotopic (exact) mass is 248 g/mol. The maximum atomic E-state index is 11.5. The molecule has 1 aromatic carbocycles. The molecule has 0 aromatic heterocycles. The van der Waals surface area contributed by atoms with E-state index in [9.17, 15) is 4.79 Å². The van der Waals surface area contributed by atoms with E-state index in [1.165, 1.54) is 0 Å². The predicted octanol–water partition coefficient (Wildman–Crippen LogP) is 1.94. The number of ether oxygens (including phenoxy) is 1. The molecule has 0 aliphatic carbocycles. The molecular formula is C14H20N2O2. The minimum Gasteiger partial charge on any atom is -0.379 e. The Morgan fingerprint density at radius 2 is 2.22 bits per heavy atom. The molecule has 98 valence electrons. The van der Waals surface area contributed by atoms with Gasteiger partial charge in [0, 0.05) is 24.9 Å². The predicted molar refractivity (Wildman–Crippen MR) is 72.0 cm³/mol. The van der Waals surface area contributed by atoms with Crippen LogP contribution in [0.25, 0.3) is 0 Å².